The van der Waals surface area contributed by atoms with E-state index in [1.807, 2.05) is 38.2 Å². The predicted octanol–water partition coefficient (Wildman–Crippen LogP) is 1.49. The summed E-state index contributed by atoms with van der Waals surface area (Å²) in [6.07, 6.45) is 0.385. The lowest BCUT2D eigenvalue weighted by molar-refractivity contribution is -0.145. The number of para-hydroxylation sites is 1. The lowest BCUT2D eigenvalue weighted by Gasteiger charge is -2.31. The molecule has 0 bridgehead atoms. The van der Waals surface area contributed by atoms with Crippen molar-refractivity contribution in [2.24, 2.45) is 0 Å². The topological polar surface area (TPSA) is 50.8 Å². The fourth-order valence-electron chi connectivity index (χ4n) is 2.50. The van der Waals surface area contributed by atoms with Gasteiger partial charge in [-0.2, -0.15) is 0 Å². The van der Waals surface area contributed by atoms with Crippen molar-refractivity contribution in [1.82, 2.24) is 10.2 Å². The Labute approximate surface area is 138 Å². The Morgan fingerprint density at radius 1 is 1.50 bits per heavy atom. The number of hydrogen-bond acceptors (Lipinski definition) is 4. The number of morpholine rings is 1. The zero-order valence-electron chi connectivity index (χ0n) is 13.4. The lowest BCUT2D eigenvalue weighted by atomic mass is 10.0. The van der Waals surface area contributed by atoms with Gasteiger partial charge in [0.15, 0.2) is 0 Å². The number of rotatable bonds is 5. The van der Waals surface area contributed by atoms with Crippen LogP contribution in [0.1, 0.15) is 12.5 Å². The maximum absolute atomic E-state index is 12.4. The molecule has 22 heavy (non-hydrogen) atoms. The van der Waals surface area contributed by atoms with Crippen molar-refractivity contribution in [3.05, 3.63) is 29.8 Å². The SMILES string of the molecule is COc1ccccc1CC(C)N(C)C(=O)C1CNCCO1.Cl. The van der Waals surface area contributed by atoms with Crippen LogP contribution >= 0.6 is 12.4 Å². The smallest absolute Gasteiger partial charge is 0.253 e. The third kappa shape index (κ3) is 4.60. The van der Waals surface area contributed by atoms with Crippen LogP contribution in [0.25, 0.3) is 0 Å². The molecule has 2 unspecified atom stereocenters. The van der Waals surface area contributed by atoms with E-state index in [0.717, 1.165) is 24.3 Å². The van der Waals surface area contributed by atoms with Gasteiger partial charge in [-0.1, -0.05) is 18.2 Å². The number of amides is 1. The molecule has 124 valence electrons. The number of hydrogen-bond donors (Lipinski definition) is 1. The third-order valence-electron chi connectivity index (χ3n) is 3.92. The highest BCUT2D eigenvalue weighted by Gasteiger charge is 2.27. The molecule has 6 heteroatoms. The van der Waals surface area contributed by atoms with E-state index in [2.05, 4.69) is 5.32 Å². The Morgan fingerprint density at radius 2 is 2.23 bits per heavy atom. The summed E-state index contributed by atoms with van der Waals surface area (Å²) >= 11 is 0. The summed E-state index contributed by atoms with van der Waals surface area (Å²) in [4.78, 5) is 14.2. The van der Waals surface area contributed by atoms with E-state index >= 15 is 0 Å². The monoisotopic (exact) mass is 328 g/mol. The summed E-state index contributed by atoms with van der Waals surface area (Å²) in [5.74, 6) is 0.894. The van der Waals surface area contributed by atoms with Crippen LogP contribution in [0.4, 0.5) is 0 Å². The molecular weight excluding hydrogens is 304 g/mol. The Morgan fingerprint density at radius 3 is 2.86 bits per heavy atom. The molecular formula is C16H25ClN2O3. The largest absolute Gasteiger partial charge is 0.496 e. The molecule has 0 saturated carbocycles. The molecule has 1 N–H and O–H groups in total. The Balaban J connectivity index is 0.00000242. The number of carbonyl (C=O) groups excluding carboxylic acids is 1. The number of benzene rings is 1. The normalized spacial score (nSPS) is 19.0. The fraction of sp³-hybridized carbons (Fsp3) is 0.562. The molecule has 1 fully saturated rings. The van der Waals surface area contributed by atoms with E-state index in [4.69, 9.17) is 9.47 Å². The first-order chi connectivity index (χ1) is 10.1. The van der Waals surface area contributed by atoms with Crippen LogP contribution in [0.2, 0.25) is 0 Å². The number of nitrogens with zero attached hydrogens (tertiary/aromatic N) is 1. The maximum Gasteiger partial charge on any atom is 0.253 e. The van der Waals surface area contributed by atoms with E-state index in [1.54, 1.807) is 12.0 Å². The van der Waals surface area contributed by atoms with Gasteiger partial charge in [0.25, 0.3) is 5.91 Å². The molecule has 1 aromatic rings. The van der Waals surface area contributed by atoms with Gasteiger partial charge >= 0.3 is 0 Å². The van der Waals surface area contributed by atoms with E-state index in [-0.39, 0.29) is 30.5 Å². The van der Waals surface area contributed by atoms with Gasteiger partial charge in [0.2, 0.25) is 0 Å². The van der Waals surface area contributed by atoms with Gasteiger partial charge in [-0.3, -0.25) is 4.79 Å². The summed E-state index contributed by atoms with van der Waals surface area (Å²) in [5.41, 5.74) is 1.11. The minimum absolute atomic E-state index is 0. The van der Waals surface area contributed by atoms with Crippen LogP contribution in [0.15, 0.2) is 24.3 Å². The molecule has 0 aromatic heterocycles. The maximum atomic E-state index is 12.4. The molecule has 0 spiro atoms. The van der Waals surface area contributed by atoms with Crippen LogP contribution in [0.3, 0.4) is 0 Å². The first kappa shape index (κ1) is 18.7. The van der Waals surface area contributed by atoms with E-state index in [0.29, 0.717) is 13.2 Å². The minimum atomic E-state index is -0.371. The number of carbonyl (C=O) groups is 1. The number of likely N-dealkylation sites (N-methyl/N-ethyl adjacent to an activating group) is 1. The number of ether oxygens (including phenoxy) is 2. The van der Waals surface area contributed by atoms with Crippen molar-refractivity contribution in [2.45, 2.75) is 25.5 Å². The summed E-state index contributed by atoms with van der Waals surface area (Å²) in [6.45, 7) is 4.03. The average Bonchev–Trinajstić information content (AvgIpc) is 2.54. The van der Waals surface area contributed by atoms with E-state index in [1.165, 1.54) is 0 Å². The van der Waals surface area contributed by atoms with Gasteiger partial charge in [0, 0.05) is 26.2 Å². The van der Waals surface area contributed by atoms with E-state index < -0.39 is 0 Å². The molecule has 2 atom stereocenters. The molecule has 1 aromatic carbocycles. The Hall–Kier alpha value is -1.30. The fourth-order valence-corrected chi connectivity index (χ4v) is 2.50. The standard InChI is InChI=1S/C16H24N2O3.ClH/c1-12(10-13-6-4-5-7-14(13)20-3)18(2)16(19)15-11-17-8-9-21-15;/h4-7,12,15,17H,8-11H2,1-3H3;1H. The summed E-state index contributed by atoms with van der Waals surface area (Å²) in [7, 11) is 3.50. The summed E-state index contributed by atoms with van der Waals surface area (Å²) in [6, 6.07) is 7.99. The minimum Gasteiger partial charge on any atom is -0.496 e. The van der Waals surface area contributed by atoms with Gasteiger partial charge < -0.3 is 19.7 Å². The van der Waals surface area contributed by atoms with Gasteiger partial charge in [-0.25, -0.2) is 0 Å². The summed E-state index contributed by atoms with van der Waals surface area (Å²) < 4.78 is 10.9. The molecule has 1 heterocycles. The molecule has 5 nitrogen and oxygen atoms in total. The van der Waals surface area contributed by atoms with Crippen molar-refractivity contribution in [3.63, 3.8) is 0 Å². The van der Waals surface area contributed by atoms with Crippen LogP contribution in [-0.4, -0.2) is 56.8 Å². The van der Waals surface area contributed by atoms with Crippen molar-refractivity contribution < 1.29 is 14.3 Å². The Bertz CT molecular complexity index is 478. The second-order valence-corrected chi connectivity index (χ2v) is 5.38. The number of nitrogens with one attached hydrogen (secondary N) is 1. The molecule has 1 saturated heterocycles. The number of methoxy groups -OCH3 is 1. The Kier molecular flexibility index (Phi) is 7.65. The predicted molar refractivity (Wildman–Crippen MR) is 88.8 cm³/mol. The van der Waals surface area contributed by atoms with Gasteiger partial charge in [0.05, 0.1) is 13.7 Å². The molecule has 0 aliphatic carbocycles. The second kappa shape index (κ2) is 8.98. The highest BCUT2D eigenvalue weighted by molar-refractivity contribution is 5.85. The van der Waals surface area contributed by atoms with Crippen molar-refractivity contribution in [3.8, 4) is 5.75 Å². The molecule has 0 radical (unpaired) electrons. The zero-order chi connectivity index (χ0) is 15.2. The van der Waals surface area contributed by atoms with Crippen molar-refractivity contribution in [1.29, 1.82) is 0 Å². The lowest BCUT2D eigenvalue weighted by Crippen LogP contribution is -2.50. The molecule has 1 aliphatic heterocycles. The first-order valence-corrected chi connectivity index (χ1v) is 7.34. The summed E-state index contributed by atoms with van der Waals surface area (Å²) in [5, 5.41) is 3.18. The second-order valence-electron chi connectivity index (χ2n) is 5.38. The quantitative estimate of drug-likeness (QED) is 0.890. The highest BCUT2D eigenvalue weighted by Crippen LogP contribution is 2.20. The molecule has 1 aliphatic rings. The zero-order valence-corrected chi connectivity index (χ0v) is 14.2. The molecule has 2 rings (SSSR count). The average molecular weight is 329 g/mol. The van der Waals surface area contributed by atoms with Crippen LogP contribution in [0.5, 0.6) is 5.75 Å². The van der Waals surface area contributed by atoms with Crippen molar-refractivity contribution in [2.75, 3.05) is 33.9 Å². The van der Waals surface area contributed by atoms with Gasteiger partial charge in [-0.15, -0.1) is 12.4 Å². The first-order valence-electron chi connectivity index (χ1n) is 7.34. The van der Waals surface area contributed by atoms with Crippen LogP contribution in [0, 0.1) is 0 Å². The van der Waals surface area contributed by atoms with Gasteiger partial charge in [-0.05, 0) is 25.0 Å². The van der Waals surface area contributed by atoms with E-state index in [9.17, 15) is 4.79 Å². The van der Waals surface area contributed by atoms with Gasteiger partial charge in [0.1, 0.15) is 11.9 Å². The van der Waals surface area contributed by atoms with Crippen molar-refractivity contribution >= 4 is 18.3 Å². The third-order valence-corrected chi connectivity index (χ3v) is 3.92. The highest BCUT2D eigenvalue weighted by atomic mass is 35.5. The molecule has 1 amide bonds. The number of halogens is 1. The van der Waals surface area contributed by atoms with Crippen LogP contribution in [-0.2, 0) is 16.0 Å². The van der Waals surface area contributed by atoms with Crippen LogP contribution < -0.4 is 10.1 Å².